The monoisotopic (exact) mass is 324 g/mol. The first-order valence-corrected chi connectivity index (χ1v) is 7.82. The van der Waals surface area contributed by atoms with Crippen LogP contribution >= 0.6 is 0 Å². The lowest BCUT2D eigenvalue weighted by Crippen LogP contribution is -2.47. The van der Waals surface area contributed by atoms with Crippen LogP contribution in [0, 0.1) is 17.2 Å². The van der Waals surface area contributed by atoms with E-state index in [9.17, 15) is 9.59 Å². The van der Waals surface area contributed by atoms with E-state index in [-0.39, 0.29) is 24.1 Å². The fraction of sp³-hybridized carbons (Fsp3) is 0.333. The lowest BCUT2D eigenvalue weighted by atomic mass is 10.0. The quantitative estimate of drug-likeness (QED) is 0.795. The summed E-state index contributed by atoms with van der Waals surface area (Å²) >= 11 is 0. The molecule has 0 aliphatic heterocycles. The van der Waals surface area contributed by atoms with E-state index in [0.29, 0.717) is 6.42 Å². The average Bonchev–Trinajstić information content (AvgIpc) is 2.58. The molecular formula is C18H20N4O2. The molecule has 2 N–H and O–H groups in total. The molecule has 1 aromatic heterocycles. The molecule has 1 heterocycles. The third-order valence-electron chi connectivity index (χ3n) is 3.50. The maximum Gasteiger partial charge on any atom is 0.270 e. The first-order chi connectivity index (χ1) is 11.5. The van der Waals surface area contributed by atoms with Crippen molar-refractivity contribution < 1.29 is 9.59 Å². The number of carbonyl (C=O) groups is 2. The highest BCUT2D eigenvalue weighted by molar-refractivity contribution is 5.97. The van der Waals surface area contributed by atoms with Crippen LogP contribution in [-0.4, -0.2) is 29.4 Å². The van der Waals surface area contributed by atoms with Gasteiger partial charge in [0.25, 0.3) is 5.91 Å². The molecule has 1 aromatic carbocycles. The van der Waals surface area contributed by atoms with Crippen molar-refractivity contribution in [1.29, 1.82) is 5.26 Å². The summed E-state index contributed by atoms with van der Waals surface area (Å²) in [6.45, 7) is 3.84. The maximum atomic E-state index is 12.4. The van der Waals surface area contributed by atoms with E-state index in [1.165, 1.54) is 0 Å². The zero-order valence-electron chi connectivity index (χ0n) is 13.7. The van der Waals surface area contributed by atoms with Gasteiger partial charge in [-0.2, -0.15) is 5.26 Å². The standard InChI is InChI=1S/C18H20N4O2/c1-12(2)11-16(17(23)20-10-9-19)22-18(24)15-8-7-13-5-3-4-6-14(13)21-15/h3-8,12,16H,10-11H2,1-2H3,(H,20,23)(H,22,24)/t16-/m0/s1. The molecule has 0 saturated heterocycles. The number of hydrogen-bond donors (Lipinski definition) is 2. The third-order valence-corrected chi connectivity index (χ3v) is 3.50. The van der Waals surface area contributed by atoms with Crippen molar-refractivity contribution in [2.24, 2.45) is 5.92 Å². The largest absolute Gasteiger partial charge is 0.341 e. The van der Waals surface area contributed by atoms with Gasteiger partial charge in [-0.05, 0) is 24.5 Å². The van der Waals surface area contributed by atoms with Gasteiger partial charge in [0.2, 0.25) is 5.91 Å². The molecule has 124 valence electrons. The molecule has 6 nitrogen and oxygen atoms in total. The average molecular weight is 324 g/mol. The molecular weight excluding hydrogens is 304 g/mol. The van der Waals surface area contributed by atoms with Crippen molar-refractivity contribution in [2.45, 2.75) is 26.3 Å². The first-order valence-electron chi connectivity index (χ1n) is 7.82. The minimum Gasteiger partial charge on any atom is -0.341 e. The van der Waals surface area contributed by atoms with Crippen LogP contribution in [-0.2, 0) is 4.79 Å². The topological polar surface area (TPSA) is 94.9 Å². The number of para-hydroxylation sites is 1. The second-order valence-corrected chi connectivity index (χ2v) is 5.92. The Hall–Kier alpha value is -2.94. The number of benzene rings is 1. The zero-order valence-corrected chi connectivity index (χ0v) is 13.7. The van der Waals surface area contributed by atoms with Crippen molar-refractivity contribution in [3.63, 3.8) is 0 Å². The summed E-state index contributed by atoms with van der Waals surface area (Å²) in [5.74, 6) is -0.550. The summed E-state index contributed by atoms with van der Waals surface area (Å²) < 4.78 is 0. The summed E-state index contributed by atoms with van der Waals surface area (Å²) in [4.78, 5) is 28.9. The third kappa shape index (κ3) is 4.53. The fourth-order valence-corrected chi connectivity index (χ4v) is 2.38. The summed E-state index contributed by atoms with van der Waals surface area (Å²) in [6.07, 6.45) is 0.483. The Morgan fingerprint density at radius 3 is 2.67 bits per heavy atom. The molecule has 0 saturated carbocycles. The number of fused-ring (bicyclic) bond motifs is 1. The van der Waals surface area contributed by atoms with Gasteiger partial charge in [0.1, 0.15) is 18.3 Å². The molecule has 0 fully saturated rings. The van der Waals surface area contributed by atoms with Gasteiger partial charge in [-0.15, -0.1) is 0 Å². The Labute approximate surface area is 140 Å². The molecule has 0 radical (unpaired) electrons. The molecule has 0 aliphatic rings. The second-order valence-electron chi connectivity index (χ2n) is 5.92. The van der Waals surface area contributed by atoms with E-state index in [2.05, 4.69) is 15.6 Å². The highest BCUT2D eigenvalue weighted by Crippen LogP contribution is 2.12. The fourth-order valence-electron chi connectivity index (χ4n) is 2.38. The van der Waals surface area contributed by atoms with Crippen molar-refractivity contribution in [2.75, 3.05) is 6.54 Å². The minimum absolute atomic E-state index is 0.0858. The van der Waals surface area contributed by atoms with Crippen LogP contribution in [0.15, 0.2) is 36.4 Å². The van der Waals surface area contributed by atoms with Gasteiger partial charge in [0, 0.05) is 5.39 Å². The minimum atomic E-state index is -0.695. The van der Waals surface area contributed by atoms with Crippen molar-refractivity contribution >= 4 is 22.7 Å². The van der Waals surface area contributed by atoms with Gasteiger partial charge in [0.15, 0.2) is 0 Å². The first kappa shape index (κ1) is 17.4. The lowest BCUT2D eigenvalue weighted by Gasteiger charge is -2.19. The molecule has 1 atom stereocenters. The van der Waals surface area contributed by atoms with Crippen molar-refractivity contribution in [1.82, 2.24) is 15.6 Å². The lowest BCUT2D eigenvalue weighted by molar-refractivity contribution is -0.123. The number of rotatable bonds is 6. The molecule has 0 spiro atoms. The second kappa shape index (κ2) is 8.06. The van der Waals surface area contributed by atoms with Crippen LogP contribution < -0.4 is 10.6 Å². The van der Waals surface area contributed by atoms with E-state index in [1.807, 2.05) is 50.2 Å². The van der Waals surface area contributed by atoms with E-state index < -0.39 is 11.9 Å². The maximum absolute atomic E-state index is 12.4. The number of nitriles is 1. The highest BCUT2D eigenvalue weighted by atomic mass is 16.2. The zero-order chi connectivity index (χ0) is 17.5. The van der Waals surface area contributed by atoms with E-state index >= 15 is 0 Å². The molecule has 0 unspecified atom stereocenters. The number of amides is 2. The smallest absolute Gasteiger partial charge is 0.270 e. The summed E-state index contributed by atoms with van der Waals surface area (Å²) in [5, 5.41) is 14.7. The number of carbonyl (C=O) groups excluding carboxylic acids is 2. The normalized spacial score (nSPS) is 11.8. The van der Waals surface area contributed by atoms with E-state index in [0.717, 1.165) is 10.9 Å². The van der Waals surface area contributed by atoms with E-state index in [1.54, 1.807) is 6.07 Å². The molecule has 6 heteroatoms. The Balaban J connectivity index is 2.15. The van der Waals surface area contributed by atoms with Gasteiger partial charge >= 0.3 is 0 Å². The SMILES string of the molecule is CC(C)C[C@H](NC(=O)c1ccc2ccccc2n1)C(=O)NCC#N. The summed E-state index contributed by atoms with van der Waals surface area (Å²) in [6, 6.07) is 12.1. The van der Waals surface area contributed by atoms with Gasteiger partial charge in [-0.3, -0.25) is 9.59 Å². The predicted molar refractivity (Wildman–Crippen MR) is 91.1 cm³/mol. The molecule has 0 aliphatic carbocycles. The van der Waals surface area contributed by atoms with Crippen LogP contribution in [0.4, 0.5) is 0 Å². The Morgan fingerprint density at radius 2 is 1.96 bits per heavy atom. The molecule has 2 aromatic rings. The molecule has 2 amide bonds. The van der Waals surface area contributed by atoms with Gasteiger partial charge < -0.3 is 10.6 Å². The van der Waals surface area contributed by atoms with E-state index in [4.69, 9.17) is 5.26 Å². The molecule has 0 bridgehead atoms. The predicted octanol–water partition coefficient (Wildman–Crippen LogP) is 2.02. The number of nitrogens with zero attached hydrogens (tertiary/aromatic N) is 2. The summed E-state index contributed by atoms with van der Waals surface area (Å²) in [5.41, 5.74) is 0.982. The van der Waals surface area contributed by atoms with Crippen LogP contribution in [0.2, 0.25) is 0 Å². The van der Waals surface area contributed by atoms with Gasteiger partial charge in [-0.25, -0.2) is 4.98 Å². The highest BCUT2D eigenvalue weighted by Gasteiger charge is 2.22. The summed E-state index contributed by atoms with van der Waals surface area (Å²) in [7, 11) is 0. The van der Waals surface area contributed by atoms with Gasteiger partial charge in [0.05, 0.1) is 11.6 Å². The Morgan fingerprint density at radius 1 is 1.21 bits per heavy atom. The number of hydrogen-bond acceptors (Lipinski definition) is 4. The van der Waals surface area contributed by atoms with Crippen LogP contribution in [0.5, 0.6) is 0 Å². The number of aromatic nitrogens is 1. The van der Waals surface area contributed by atoms with Crippen molar-refractivity contribution in [3.05, 3.63) is 42.1 Å². The van der Waals surface area contributed by atoms with Crippen LogP contribution in [0.1, 0.15) is 30.8 Å². The molecule has 24 heavy (non-hydrogen) atoms. The Kier molecular flexibility index (Phi) is 5.85. The Bertz CT molecular complexity index is 780. The molecule has 2 rings (SSSR count). The van der Waals surface area contributed by atoms with Crippen molar-refractivity contribution in [3.8, 4) is 6.07 Å². The number of nitrogens with one attached hydrogen (secondary N) is 2. The van der Waals surface area contributed by atoms with Crippen LogP contribution in [0.25, 0.3) is 10.9 Å². The van der Waals surface area contributed by atoms with Crippen LogP contribution in [0.3, 0.4) is 0 Å². The number of pyridine rings is 1. The van der Waals surface area contributed by atoms with Gasteiger partial charge in [-0.1, -0.05) is 38.1 Å².